The number of carbonyl (C=O) groups excluding carboxylic acids is 1. The van der Waals surface area contributed by atoms with E-state index in [1.54, 1.807) is 0 Å². The highest BCUT2D eigenvalue weighted by Crippen LogP contribution is 2.42. The monoisotopic (exact) mass is 327 g/mol. The summed E-state index contributed by atoms with van der Waals surface area (Å²) in [4.78, 5) is 14.2. The lowest BCUT2D eigenvalue weighted by atomic mass is 9.84. The van der Waals surface area contributed by atoms with Gasteiger partial charge in [-0.1, -0.05) is 56.2 Å². The van der Waals surface area contributed by atoms with Gasteiger partial charge in [-0.05, 0) is 36.3 Å². The molecular formula is C20H25NOS. The second-order valence-corrected chi connectivity index (χ2v) is 7.50. The third-order valence-electron chi connectivity index (χ3n) is 5.13. The van der Waals surface area contributed by atoms with E-state index >= 15 is 0 Å². The maximum Gasteiger partial charge on any atom is 0.227 e. The molecule has 1 fully saturated rings. The Kier molecular flexibility index (Phi) is 5.16. The zero-order valence-electron chi connectivity index (χ0n) is 13.8. The quantitative estimate of drug-likeness (QED) is 0.806. The van der Waals surface area contributed by atoms with Crippen molar-refractivity contribution in [3.05, 3.63) is 58.3 Å². The predicted molar refractivity (Wildman–Crippen MR) is 96.9 cm³/mol. The van der Waals surface area contributed by atoms with Crippen LogP contribution in [0.3, 0.4) is 0 Å². The summed E-state index contributed by atoms with van der Waals surface area (Å²) in [5, 5.41) is 5.42. The smallest absolute Gasteiger partial charge is 0.227 e. The molecule has 3 heteroatoms. The molecule has 0 saturated heterocycles. The second-order valence-electron chi connectivity index (χ2n) is 6.55. The van der Waals surface area contributed by atoms with Crippen LogP contribution in [0.4, 0.5) is 0 Å². The van der Waals surface area contributed by atoms with Gasteiger partial charge in [0, 0.05) is 16.8 Å². The minimum absolute atomic E-state index is 0.0435. The molecule has 1 atom stereocenters. The standard InChI is InChI=1S/C20H25NOS/c1-2-17(16-9-4-3-5-10-16)19(22)21-15-20(12-6-7-13-20)18-11-8-14-23-18/h3-5,8-11,14,17H,2,6-7,12-13,15H2,1H3,(H,21,22). The van der Waals surface area contributed by atoms with Crippen molar-refractivity contribution in [1.82, 2.24) is 5.32 Å². The highest BCUT2D eigenvalue weighted by atomic mass is 32.1. The van der Waals surface area contributed by atoms with Crippen LogP contribution < -0.4 is 5.32 Å². The van der Waals surface area contributed by atoms with Crippen LogP contribution in [0.15, 0.2) is 47.8 Å². The van der Waals surface area contributed by atoms with Crippen LogP contribution in [0.1, 0.15) is 55.4 Å². The van der Waals surface area contributed by atoms with Crippen LogP contribution in [0, 0.1) is 0 Å². The summed E-state index contributed by atoms with van der Waals surface area (Å²) >= 11 is 1.83. The van der Waals surface area contributed by atoms with Gasteiger partial charge in [0.15, 0.2) is 0 Å². The van der Waals surface area contributed by atoms with Crippen molar-refractivity contribution in [2.24, 2.45) is 0 Å². The molecule has 0 spiro atoms. The van der Waals surface area contributed by atoms with Crippen LogP contribution >= 0.6 is 11.3 Å². The van der Waals surface area contributed by atoms with E-state index in [0.717, 1.165) is 18.5 Å². The van der Waals surface area contributed by atoms with E-state index in [4.69, 9.17) is 0 Å². The first-order valence-electron chi connectivity index (χ1n) is 8.62. The van der Waals surface area contributed by atoms with E-state index < -0.39 is 0 Å². The lowest BCUT2D eigenvalue weighted by Crippen LogP contribution is -2.40. The molecule has 0 bridgehead atoms. The number of amides is 1. The zero-order chi connectivity index (χ0) is 16.1. The molecule has 0 aliphatic heterocycles. The topological polar surface area (TPSA) is 29.1 Å². The Hall–Kier alpha value is -1.61. The molecule has 1 amide bonds. The summed E-state index contributed by atoms with van der Waals surface area (Å²) < 4.78 is 0. The molecule has 1 aromatic carbocycles. The van der Waals surface area contributed by atoms with Crippen molar-refractivity contribution in [3.63, 3.8) is 0 Å². The van der Waals surface area contributed by atoms with Crippen LogP contribution in [0.2, 0.25) is 0 Å². The lowest BCUT2D eigenvalue weighted by molar-refractivity contribution is -0.122. The van der Waals surface area contributed by atoms with Gasteiger partial charge in [-0.25, -0.2) is 0 Å². The van der Waals surface area contributed by atoms with Crippen LogP contribution in [0.25, 0.3) is 0 Å². The fraction of sp³-hybridized carbons (Fsp3) is 0.450. The largest absolute Gasteiger partial charge is 0.355 e. The van der Waals surface area contributed by atoms with E-state index in [1.165, 1.54) is 30.6 Å². The first kappa shape index (κ1) is 16.3. The summed E-state index contributed by atoms with van der Waals surface area (Å²) in [7, 11) is 0. The van der Waals surface area contributed by atoms with Crippen LogP contribution in [0.5, 0.6) is 0 Å². The van der Waals surface area contributed by atoms with E-state index in [-0.39, 0.29) is 17.2 Å². The Bertz CT molecular complexity index is 614. The summed E-state index contributed by atoms with van der Waals surface area (Å²) in [6.45, 7) is 2.86. The van der Waals surface area contributed by atoms with Gasteiger partial charge >= 0.3 is 0 Å². The van der Waals surface area contributed by atoms with Crippen molar-refractivity contribution < 1.29 is 4.79 Å². The SMILES string of the molecule is CCC(C(=O)NCC1(c2cccs2)CCCC1)c1ccccc1. The molecule has 23 heavy (non-hydrogen) atoms. The lowest BCUT2D eigenvalue weighted by Gasteiger charge is -2.29. The van der Waals surface area contributed by atoms with Gasteiger partial charge in [0.05, 0.1) is 5.92 Å². The third kappa shape index (κ3) is 3.50. The van der Waals surface area contributed by atoms with E-state index in [1.807, 2.05) is 29.5 Å². The third-order valence-corrected chi connectivity index (χ3v) is 6.25. The zero-order valence-corrected chi connectivity index (χ0v) is 14.6. The van der Waals surface area contributed by atoms with Crippen LogP contribution in [-0.4, -0.2) is 12.5 Å². The van der Waals surface area contributed by atoms with Gasteiger partial charge in [-0.15, -0.1) is 11.3 Å². The van der Waals surface area contributed by atoms with Crippen molar-refractivity contribution in [2.45, 2.75) is 50.4 Å². The maximum atomic E-state index is 12.7. The summed E-state index contributed by atoms with van der Waals surface area (Å²) in [6, 6.07) is 14.5. The van der Waals surface area contributed by atoms with Gasteiger partial charge in [-0.3, -0.25) is 4.79 Å². The second kappa shape index (κ2) is 7.31. The number of nitrogens with one attached hydrogen (secondary N) is 1. The normalized spacial score (nSPS) is 17.8. The molecule has 1 aliphatic carbocycles. The first-order valence-corrected chi connectivity index (χ1v) is 9.50. The number of benzene rings is 1. The minimum Gasteiger partial charge on any atom is -0.355 e. The summed E-state index contributed by atoms with van der Waals surface area (Å²) in [5.41, 5.74) is 1.28. The van der Waals surface area contributed by atoms with Crippen molar-refractivity contribution >= 4 is 17.2 Å². The first-order chi connectivity index (χ1) is 11.2. The number of rotatable bonds is 6. The molecule has 1 heterocycles. The molecule has 1 N–H and O–H groups in total. The molecule has 1 unspecified atom stereocenters. The van der Waals surface area contributed by atoms with Gasteiger partial charge in [0.1, 0.15) is 0 Å². The number of carbonyl (C=O) groups is 1. The van der Waals surface area contributed by atoms with E-state index in [9.17, 15) is 4.79 Å². The molecule has 2 aromatic rings. The van der Waals surface area contributed by atoms with Gasteiger partial charge < -0.3 is 5.32 Å². The van der Waals surface area contributed by atoms with Crippen LogP contribution in [-0.2, 0) is 10.2 Å². The Morgan fingerprint density at radius 2 is 1.91 bits per heavy atom. The molecule has 1 saturated carbocycles. The predicted octanol–water partition coefficient (Wildman–Crippen LogP) is 4.87. The molecule has 3 rings (SSSR count). The molecular weight excluding hydrogens is 302 g/mol. The van der Waals surface area contributed by atoms with Crippen molar-refractivity contribution in [1.29, 1.82) is 0 Å². The van der Waals surface area contributed by atoms with E-state index in [0.29, 0.717) is 0 Å². The minimum atomic E-state index is -0.0435. The van der Waals surface area contributed by atoms with E-state index in [2.05, 4.69) is 41.9 Å². The highest BCUT2D eigenvalue weighted by molar-refractivity contribution is 7.10. The highest BCUT2D eigenvalue weighted by Gasteiger charge is 2.37. The number of hydrogen-bond acceptors (Lipinski definition) is 2. The Balaban J connectivity index is 1.70. The molecule has 2 nitrogen and oxygen atoms in total. The average molecular weight is 327 g/mol. The summed E-state index contributed by atoms with van der Waals surface area (Å²) in [5.74, 6) is 0.125. The van der Waals surface area contributed by atoms with Gasteiger partial charge in [0.2, 0.25) is 5.91 Å². The number of hydrogen-bond donors (Lipinski definition) is 1. The Labute approximate surface area is 142 Å². The molecule has 1 aromatic heterocycles. The number of thiophene rings is 1. The van der Waals surface area contributed by atoms with Gasteiger partial charge in [0.25, 0.3) is 0 Å². The molecule has 122 valence electrons. The fourth-order valence-corrected chi connectivity index (χ4v) is 4.77. The molecule has 1 aliphatic rings. The Morgan fingerprint density at radius 3 is 2.52 bits per heavy atom. The summed E-state index contributed by atoms with van der Waals surface area (Å²) in [6.07, 6.45) is 5.75. The van der Waals surface area contributed by atoms with Gasteiger partial charge in [-0.2, -0.15) is 0 Å². The Morgan fingerprint density at radius 1 is 1.17 bits per heavy atom. The fourth-order valence-electron chi connectivity index (χ4n) is 3.78. The molecule has 0 radical (unpaired) electrons. The maximum absolute atomic E-state index is 12.7. The van der Waals surface area contributed by atoms with Crippen molar-refractivity contribution in [2.75, 3.05) is 6.54 Å². The van der Waals surface area contributed by atoms with Crippen molar-refractivity contribution in [3.8, 4) is 0 Å². The average Bonchev–Trinajstić information content (AvgIpc) is 3.27.